The van der Waals surface area contributed by atoms with Crippen LogP contribution in [0.5, 0.6) is 5.75 Å². The van der Waals surface area contributed by atoms with E-state index in [4.69, 9.17) is 4.98 Å². The number of rotatable bonds is 4. The van der Waals surface area contributed by atoms with Crippen LogP contribution in [0.25, 0.3) is 32.9 Å². The van der Waals surface area contributed by atoms with E-state index in [1.807, 2.05) is 20.8 Å². The number of phenolic OH excluding ortho intramolecular Hbond substituents is 1. The van der Waals surface area contributed by atoms with Crippen LogP contribution in [0, 0.1) is 17.0 Å². The van der Waals surface area contributed by atoms with Crippen LogP contribution in [-0.4, -0.2) is 38.9 Å². The van der Waals surface area contributed by atoms with Gasteiger partial charge in [0.2, 0.25) is 0 Å². The van der Waals surface area contributed by atoms with Crippen LogP contribution in [0.15, 0.2) is 30.5 Å². The Morgan fingerprint density at radius 3 is 2.50 bits per heavy atom. The number of nitrogens with zero attached hydrogens (tertiary/aromatic N) is 4. The maximum absolute atomic E-state index is 16.4. The first-order chi connectivity index (χ1) is 18.2. The summed E-state index contributed by atoms with van der Waals surface area (Å²) in [6.07, 6.45) is 5.12. The number of piperidine rings is 1. The third-order valence-electron chi connectivity index (χ3n) is 8.40. The summed E-state index contributed by atoms with van der Waals surface area (Å²) in [4.78, 5) is 28.3. The molecule has 4 aromatic rings. The van der Waals surface area contributed by atoms with E-state index in [1.54, 1.807) is 18.3 Å². The topological polar surface area (TPSA) is 79.2 Å². The number of benzene rings is 2. The zero-order chi connectivity index (χ0) is 26.8. The number of halogens is 2. The first-order valence-corrected chi connectivity index (χ1v) is 13.3. The Morgan fingerprint density at radius 1 is 1.11 bits per heavy atom. The first kappa shape index (κ1) is 24.6. The molecule has 0 bridgehead atoms. The lowest BCUT2D eigenvalue weighted by molar-refractivity contribution is -0.139. The minimum absolute atomic E-state index is 0.00992. The standard InChI is InChI=1S/C30H30F2N4O2/c1-4-19-22(31)6-5-17-13-18(37)14-20(24(17)19)26-25(32)27-21(15-33-26)29(35-28(34-27)16(2)3)36-11-9-30(10-12-36)8-7-23(30)38/h5-6,13-16,37H,4,7-12H2,1-3H3. The summed E-state index contributed by atoms with van der Waals surface area (Å²) >= 11 is 0. The Morgan fingerprint density at radius 2 is 1.87 bits per heavy atom. The highest BCUT2D eigenvalue weighted by molar-refractivity contribution is 6.01. The number of Topliss-reactive ketones (excluding diaryl/α,β-unsaturated/α-hetero) is 1. The molecule has 0 radical (unpaired) electrons. The molecule has 38 heavy (non-hydrogen) atoms. The molecule has 1 saturated carbocycles. The molecule has 196 valence electrons. The van der Waals surface area contributed by atoms with Crippen molar-refractivity contribution >= 4 is 33.3 Å². The van der Waals surface area contributed by atoms with E-state index < -0.39 is 5.82 Å². The molecule has 1 saturated heterocycles. The number of aromatic hydroxyl groups is 1. The van der Waals surface area contributed by atoms with Gasteiger partial charge in [-0.15, -0.1) is 0 Å². The van der Waals surface area contributed by atoms with Gasteiger partial charge in [-0.1, -0.05) is 26.8 Å². The van der Waals surface area contributed by atoms with Gasteiger partial charge in [0.25, 0.3) is 0 Å². The predicted octanol–water partition coefficient (Wildman–Crippen LogP) is 6.46. The molecule has 2 aromatic carbocycles. The first-order valence-electron chi connectivity index (χ1n) is 13.3. The number of aryl methyl sites for hydroxylation is 1. The molecule has 1 N–H and O–H groups in total. The van der Waals surface area contributed by atoms with E-state index in [1.165, 1.54) is 12.1 Å². The molecule has 1 aliphatic carbocycles. The van der Waals surface area contributed by atoms with Crippen LogP contribution >= 0.6 is 0 Å². The lowest BCUT2D eigenvalue weighted by atomic mass is 9.62. The number of fused-ring (bicyclic) bond motifs is 2. The average molecular weight is 517 g/mol. The molecule has 2 aromatic heterocycles. The number of pyridine rings is 1. The highest BCUT2D eigenvalue weighted by Gasteiger charge is 2.47. The Balaban J connectivity index is 1.53. The maximum atomic E-state index is 16.4. The number of ketones is 1. The summed E-state index contributed by atoms with van der Waals surface area (Å²) in [5, 5.41) is 12.1. The van der Waals surface area contributed by atoms with Crippen LogP contribution < -0.4 is 4.90 Å². The summed E-state index contributed by atoms with van der Waals surface area (Å²) in [6.45, 7) is 7.08. The second-order valence-electron chi connectivity index (χ2n) is 10.9. The highest BCUT2D eigenvalue weighted by atomic mass is 19.1. The minimum atomic E-state index is -0.631. The molecule has 0 amide bonds. The van der Waals surface area contributed by atoms with E-state index in [0.29, 0.717) is 70.6 Å². The Hall–Kier alpha value is -3.68. The van der Waals surface area contributed by atoms with Gasteiger partial charge in [0.05, 0.1) is 5.39 Å². The van der Waals surface area contributed by atoms with Gasteiger partial charge in [-0.05, 0) is 60.2 Å². The van der Waals surface area contributed by atoms with Crippen molar-refractivity contribution in [3.05, 3.63) is 53.5 Å². The summed E-state index contributed by atoms with van der Waals surface area (Å²) < 4.78 is 31.1. The molecular formula is C30H30F2N4O2. The number of hydrogen-bond donors (Lipinski definition) is 1. The van der Waals surface area contributed by atoms with Gasteiger partial charge in [-0.2, -0.15) is 0 Å². The fourth-order valence-electron chi connectivity index (χ4n) is 6.03. The zero-order valence-electron chi connectivity index (χ0n) is 21.8. The molecule has 0 atom stereocenters. The third-order valence-corrected chi connectivity index (χ3v) is 8.40. The highest BCUT2D eigenvalue weighted by Crippen LogP contribution is 2.47. The van der Waals surface area contributed by atoms with Gasteiger partial charge >= 0.3 is 0 Å². The Bertz CT molecular complexity index is 1610. The second-order valence-corrected chi connectivity index (χ2v) is 10.9. The molecule has 6 rings (SSSR count). The summed E-state index contributed by atoms with van der Waals surface area (Å²) in [6, 6.07) is 5.93. The van der Waals surface area contributed by atoms with Gasteiger partial charge in [-0.3, -0.25) is 9.78 Å². The Kier molecular flexibility index (Phi) is 5.81. The molecule has 8 heteroatoms. The van der Waals surface area contributed by atoms with Crippen LogP contribution in [-0.2, 0) is 11.2 Å². The third kappa shape index (κ3) is 3.72. The van der Waals surface area contributed by atoms with Crippen LogP contribution in [0.1, 0.15) is 63.8 Å². The minimum Gasteiger partial charge on any atom is -0.508 e. The number of carbonyl (C=O) groups is 1. The molecule has 1 spiro atoms. The average Bonchev–Trinajstić information content (AvgIpc) is 2.91. The van der Waals surface area contributed by atoms with Crippen LogP contribution in [0.3, 0.4) is 0 Å². The maximum Gasteiger partial charge on any atom is 0.175 e. The van der Waals surface area contributed by atoms with E-state index in [2.05, 4.69) is 14.9 Å². The van der Waals surface area contributed by atoms with Gasteiger partial charge in [0.1, 0.15) is 40.2 Å². The van der Waals surface area contributed by atoms with Crippen LogP contribution in [0.2, 0.25) is 0 Å². The summed E-state index contributed by atoms with van der Waals surface area (Å²) in [5.74, 6) is 0.388. The fraction of sp³-hybridized carbons (Fsp3) is 0.400. The lowest BCUT2D eigenvalue weighted by Crippen LogP contribution is -2.50. The SMILES string of the molecule is CCc1c(F)ccc2cc(O)cc(-c3ncc4c(N5CCC6(CCC6=O)CC5)nc(C(C)C)nc4c3F)c12. The largest absolute Gasteiger partial charge is 0.508 e. The number of phenols is 1. The predicted molar refractivity (Wildman–Crippen MR) is 143 cm³/mol. The zero-order valence-corrected chi connectivity index (χ0v) is 21.8. The molecule has 2 fully saturated rings. The quantitative estimate of drug-likeness (QED) is 0.335. The van der Waals surface area contributed by atoms with E-state index >= 15 is 4.39 Å². The summed E-state index contributed by atoms with van der Waals surface area (Å²) in [5.41, 5.74) is 0.730. The lowest BCUT2D eigenvalue weighted by Gasteiger charge is -2.46. The van der Waals surface area contributed by atoms with E-state index in [9.17, 15) is 14.3 Å². The molecule has 6 nitrogen and oxygen atoms in total. The smallest absolute Gasteiger partial charge is 0.175 e. The number of anilines is 1. The van der Waals surface area contributed by atoms with Crippen molar-refractivity contribution in [2.45, 2.75) is 58.8 Å². The van der Waals surface area contributed by atoms with Crippen molar-refractivity contribution in [1.29, 1.82) is 0 Å². The number of carbonyl (C=O) groups excluding carboxylic acids is 1. The summed E-state index contributed by atoms with van der Waals surface area (Å²) in [7, 11) is 0. The fourth-order valence-corrected chi connectivity index (χ4v) is 6.03. The van der Waals surface area contributed by atoms with Crippen molar-refractivity contribution in [2.75, 3.05) is 18.0 Å². The molecule has 1 aliphatic heterocycles. The van der Waals surface area contributed by atoms with Gasteiger partial charge in [0.15, 0.2) is 5.82 Å². The van der Waals surface area contributed by atoms with Crippen molar-refractivity contribution in [3.63, 3.8) is 0 Å². The van der Waals surface area contributed by atoms with Crippen molar-refractivity contribution in [3.8, 4) is 17.0 Å². The van der Waals surface area contributed by atoms with Crippen molar-refractivity contribution in [1.82, 2.24) is 15.0 Å². The van der Waals surface area contributed by atoms with Crippen LogP contribution in [0.4, 0.5) is 14.6 Å². The van der Waals surface area contributed by atoms with Crippen molar-refractivity contribution in [2.24, 2.45) is 5.41 Å². The molecule has 3 heterocycles. The monoisotopic (exact) mass is 516 g/mol. The molecule has 0 unspecified atom stereocenters. The van der Waals surface area contributed by atoms with Crippen molar-refractivity contribution < 1.29 is 18.7 Å². The van der Waals surface area contributed by atoms with Gasteiger partial charge < -0.3 is 10.0 Å². The van der Waals surface area contributed by atoms with E-state index in [0.717, 1.165) is 19.3 Å². The molecule has 2 aliphatic rings. The molecular weight excluding hydrogens is 486 g/mol. The van der Waals surface area contributed by atoms with E-state index in [-0.39, 0.29) is 34.1 Å². The van der Waals surface area contributed by atoms with Gasteiger partial charge in [-0.25, -0.2) is 18.7 Å². The normalized spacial score (nSPS) is 17.1. The van der Waals surface area contributed by atoms with Gasteiger partial charge in [0, 0.05) is 42.6 Å². The second kappa shape index (κ2) is 8.96. The Labute approximate surface area is 219 Å². The number of aromatic nitrogens is 3. The number of hydrogen-bond acceptors (Lipinski definition) is 6.